The lowest BCUT2D eigenvalue weighted by molar-refractivity contribution is -0.120. The molecule has 0 aliphatic heterocycles. The Balaban J connectivity index is 1.49. The number of benzene rings is 2. The number of nitrogens with one attached hydrogen (secondary N) is 2. The molecule has 0 aliphatic rings. The van der Waals surface area contributed by atoms with Gasteiger partial charge in [-0.1, -0.05) is 22.9 Å². The van der Waals surface area contributed by atoms with Gasteiger partial charge >= 0.3 is 0 Å². The molecular weight excluding hydrogens is 388 g/mol. The van der Waals surface area contributed by atoms with Crippen LogP contribution in [-0.2, 0) is 4.79 Å². The normalized spacial score (nSPS) is 10.8. The van der Waals surface area contributed by atoms with Crippen LogP contribution in [0.4, 0.5) is 13.9 Å². The number of nitrogens with zero attached hydrogens (tertiary/aromatic N) is 1. The molecule has 130 valence electrons. The second kappa shape index (κ2) is 7.99. The van der Waals surface area contributed by atoms with Crippen LogP contribution in [0.15, 0.2) is 41.3 Å². The molecule has 3 rings (SSSR count). The van der Waals surface area contributed by atoms with E-state index in [0.29, 0.717) is 20.6 Å². The Morgan fingerprint density at radius 1 is 1.24 bits per heavy atom. The molecule has 0 fully saturated rings. The summed E-state index contributed by atoms with van der Waals surface area (Å²) in [5, 5.41) is 0.955. The van der Waals surface area contributed by atoms with Gasteiger partial charge in [0, 0.05) is 28.2 Å². The van der Waals surface area contributed by atoms with Crippen molar-refractivity contribution in [3.05, 3.63) is 53.1 Å². The molecule has 3 aromatic rings. The molecule has 0 unspecified atom stereocenters. The number of hydrazine groups is 1. The van der Waals surface area contributed by atoms with Crippen LogP contribution < -0.4 is 10.9 Å². The van der Waals surface area contributed by atoms with E-state index in [2.05, 4.69) is 15.8 Å². The minimum absolute atomic E-state index is 0.0708. The fourth-order valence-electron chi connectivity index (χ4n) is 1.99. The van der Waals surface area contributed by atoms with Crippen LogP contribution >= 0.6 is 34.7 Å². The summed E-state index contributed by atoms with van der Waals surface area (Å²) in [6, 6.07) is 9.33. The summed E-state index contributed by atoms with van der Waals surface area (Å²) in [6.45, 7) is 0. The molecule has 0 atom stereocenters. The number of amides is 1. The molecule has 0 spiro atoms. The van der Waals surface area contributed by atoms with Gasteiger partial charge in [-0.05, 0) is 30.3 Å². The van der Waals surface area contributed by atoms with Gasteiger partial charge in [0.05, 0.1) is 4.70 Å². The molecule has 0 radical (unpaired) electrons. The van der Waals surface area contributed by atoms with Crippen LogP contribution in [0.5, 0.6) is 0 Å². The Labute approximate surface area is 155 Å². The molecule has 0 saturated heterocycles. The number of halogens is 3. The molecule has 1 heterocycles. The molecule has 0 saturated carbocycles. The van der Waals surface area contributed by atoms with Gasteiger partial charge in [0.15, 0.2) is 5.82 Å². The van der Waals surface area contributed by atoms with Crippen molar-refractivity contribution in [1.29, 1.82) is 0 Å². The van der Waals surface area contributed by atoms with E-state index in [1.807, 2.05) is 12.1 Å². The van der Waals surface area contributed by atoms with Crippen LogP contribution in [-0.4, -0.2) is 16.6 Å². The first kappa shape index (κ1) is 17.9. The third-order valence-corrected chi connectivity index (χ3v) is 5.32. The first-order valence-corrected chi connectivity index (χ1v) is 9.38. The average molecular weight is 400 g/mol. The van der Waals surface area contributed by atoms with Gasteiger partial charge in [-0.25, -0.2) is 13.8 Å². The van der Waals surface area contributed by atoms with Gasteiger partial charge in [-0.15, -0.1) is 11.8 Å². The first-order chi connectivity index (χ1) is 12.0. The predicted octanol–water partition coefficient (Wildman–Crippen LogP) is 4.85. The highest BCUT2D eigenvalue weighted by molar-refractivity contribution is 7.99. The van der Waals surface area contributed by atoms with Gasteiger partial charge < -0.3 is 0 Å². The van der Waals surface area contributed by atoms with Crippen molar-refractivity contribution < 1.29 is 13.6 Å². The van der Waals surface area contributed by atoms with Gasteiger partial charge in [0.1, 0.15) is 11.3 Å². The highest BCUT2D eigenvalue weighted by atomic mass is 35.5. The average Bonchev–Trinajstić information content (AvgIpc) is 2.98. The zero-order chi connectivity index (χ0) is 17.8. The zero-order valence-electron chi connectivity index (χ0n) is 12.7. The van der Waals surface area contributed by atoms with Crippen molar-refractivity contribution in [2.24, 2.45) is 0 Å². The number of carbonyl (C=O) groups excluding carboxylic acids is 1. The molecule has 1 aromatic heterocycles. The molecule has 0 aliphatic carbocycles. The van der Waals surface area contributed by atoms with Crippen molar-refractivity contribution in [1.82, 2.24) is 10.4 Å². The third-order valence-electron chi connectivity index (χ3n) is 3.13. The maximum Gasteiger partial charge on any atom is 0.239 e. The zero-order valence-corrected chi connectivity index (χ0v) is 15.1. The quantitative estimate of drug-likeness (QED) is 0.459. The standard InChI is InChI=1S/C16H12ClF2N3OS2/c17-9-1-3-11(4-2-9)24-6-5-14(23)21-22-16-20-15-12(19)7-10(18)8-13(15)25-16/h1-4,7-8H,5-6H2,(H,20,22)(H,21,23). The number of hydrogen-bond acceptors (Lipinski definition) is 5. The fraction of sp³-hybridized carbons (Fsp3) is 0.125. The summed E-state index contributed by atoms with van der Waals surface area (Å²) >= 11 is 8.40. The minimum atomic E-state index is -0.731. The SMILES string of the molecule is O=C(CCSc1ccc(Cl)cc1)NNc1nc2c(F)cc(F)cc2s1. The second-order valence-electron chi connectivity index (χ2n) is 4.98. The van der Waals surface area contributed by atoms with E-state index >= 15 is 0 Å². The molecule has 2 aromatic carbocycles. The van der Waals surface area contributed by atoms with E-state index in [4.69, 9.17) is 11.6 Å². The number of fused-ring (bicyclic) bond motifs is 1. The lowest BCUT2D eigenvalue weighted by atomic mass is 10.3. The molecule has 9 heteroatoms. The van der Waals surface area contributed by atoms with Crippen molar-refractivity contribution in [3.8, 4) is 0 Å². The van der Waals surface area contributed by atoms with Crippen molar-refractivity contribution in [2.75, 3.05) is 11.2 Å². The fourth-order valence-corrected chi connectivity index (χ4v) is 3.83. The predicted molar refractivity (Wildman–Crippen MR) is 98.1 cm³/mol. The van der Waals surface area contributed by atoms with Crippen LogP contribution in [0.1, 0.15) is 6.42 Å². The lowest BCUT2D eigenvalue weighted by Gasteiger charge is -2.05. The largest absolute Gasteiger partial charge is 0.273 e. The summed E-state index contributed by atoms with van der Waals surface area (Å²) in [7, 11) is 0. The number of thiazole rings is 1. The van der Waals surface area contributed by atoms with Crippen LogP contribution in [0, 0.1) is 11.6 Å². The number of anilines is 1. The first-order valence-electron chi connectivity index (χ1n) is 7.20. The number of thioether (sulfide) groups is 1. The number of rotatable bonds is 6. The van der Waals surface area contributed by atoms with Crippen LogP contribution in [0.2, 0.25) is 5.02 Å². The van der Waals surface area contributed by atoms with Gasteiger partial charge in [-0.3, -0.25) is 15.6 Å². The van der Waals surface area contributed by atoms with E-state index in [1.54, 1.807) is 12.1 Å². The highest BCUT2D eigenvalue weighted by Gasteiger charge is 2.11. The Bertz CT molecular complexity index is 902. The van der Waals surface area contributed by atoms with Crippen LogP contribution in [0.25, 0.3) is 10.2 Å². The summed E-state index contributed by atoms with van der Waals surface area (Å²) in [5.74, 6) is -1.03. The Morgan fingerprint density at radius 3 is 2.76 bits per heavy atom. The minimum Gasteiger partial charge on any atom is -0.273 e. The number of hydrogen-bond donors (Lipinski definition) is 2. The topological polar surface area (TPSA) is 54.0 Å². The van der Waals surface area contributed by atoms with Crippen molar-refractivity contribution in [3.63, 3.8) is 0 Å². The Hall–Kier alpha value is -1.90. The second-order valence-corrected chi connectivity index (χ2v) is 7.61. The van der Waals surface area contributed by atoms with E-state index < -0.39 is 11.6 Å². The van der Waals surface area contributed by atoms with E-state index in [-0.39, 0.29) is 17.8 Å². The van der Waals surface area contributed by atoms with Gasteiger partial charge in [0.25, 0.3) is 0 Å². The number of carbonyl (C=O) groups is 1. The highest BCUT2D eigenvalue weighted by Crippen LogP contribution is 2.28. The van der Waals surface area contributed by atoms with Crippen molar-refractivity contribution in [2.45, 2.75) is 11.3 Å². The van der Waals surface area contributed by atoms with Gasteiger partial charge in [0.2, 0.25) is 11.0 Å². The lowest BCUT2D eigenvalue weighted by Crippen LogP contribution is -2.29. The van der Waals surface area contributed by atoms with Gasteiger partial charge in [-0.2, -0.15) is 0 Å². The summed E-state index contributed by atoms with van der Waals surface area (Å²) in [4.78, 5) is 16.8. The van der Waals surface area contributed by atoms with Crippen molar-refractivity contribution >= 4 is 56.0 Å². The van der Waals surface area contributed by atoms with Crippen LogP contribution in [0.3, 0.4) is 0 Å². The molecule has 0 bridgehead atoms. The Morgan fingerprint density at radius 2 is 2.00 bits per heavy atom. The van der Waals surface area contributed by atoms with E-state index in [1.165, 1.54) is 17.8 Å². The summed E-state index contributed by atoms with van der Waals surface area (Å²) in [5.41, 5.74) is 5.20. The summed E-state index contributed by atoms with van der Waals surface area (Å²) in [6.07, 6.45) is 0.286. The third kappa shape index (κ3) is 4.81. The number of aromatic nitrogens is 1. The molecular formula is C16H12ClF2N3OS2. The molecule has 2 N–H and O–H groups in total. The summed E-state index contributed by atoms with van der Waals surface area (Å²) < 4.78 is 27.1. The monoisotopic (exact) mass is 399 g/mol. The Kier molecular flexibility index (Phi) is 5.72. The maximum atomic E-state index is 13.6. The maximum absolute atomic E-state index is 13.6. The smallest absolute Gasteiger partial charge is 0.239 e. The van der Waals surface area contributed by atoms with E-state index in [0.717, 1.165) is 22.3 Å². The van der Waals surface area contributed by atoms with E-state index in [9.17, 15) is 13.6 Å². The molecule has 1 amide bonds. The molecule has 25 heavy (non-hydrogen) atoms. The molecule has 4 nitrogen and oxygen atoms in total.